The van der Waals surface area contributed by atoms with E-state index in [1.165, 1.54) is 41.3 Å². The van der Waals surface area contributed by atoms with Crippen molar-refractivity contribution in [2.75, 3.05) is 12.4 Å². The van der Waals surface area contributed by atoms with Crippen LogP contribution in [0.5, 0.6) is 0 Å². The van der Waals surface area contributed by atoms with E-state index in [4.69, 9.17) is 0 Å². The number of nitrogens with zero attached hydrogens (tertiary/aromatic N) is 2. The number of benzene rings is 2. The van der Waals surface area contributed by atoms with Crippen LogP contribution in [0.1, 0.15) is 6.42 Å². The Balaban J connectivity index is 1.69. The van der Waals surface area contributed by atoms with Gasteiger partial charge in [0.05, 0.1) is 11.4 Å². The lowest BCUT2D eigenvalue weighted by Gasteiger charge is -2.09. The Bertz CT molecular complexity index is 888. The normalized spacial score (nSPS) is 18.4. The smallest absolute Gasteiger partial charge is 0.242 e. The molecule has 0 aromatic heterocycles. The number of nitrogens with one attached hydrogen (secondary N) is 1. The monoisotopic (exact) mass is 375 g/mol. The molecule has 1 heterocycles. The maximum Gasteiger partial charge on any atom is 0.242 e. The lowest BCUT2D eigenvalue weighted by Crippen LogP contribution is -2.30. The summed E-state index contributed by atoms with van der Waals surface area (Å²) in [6.07, 6.45) is -0.121. The lowest BCUT2D eigenvalue weighted by atomic mass is 10.2. The fraction of sp³-hybridized carbons (Fsp3) is 0.167. The van der Waals surface area contributed by atoms with Crippen LogP contribution in [0.3, 0.4) is 0 Å². The minimum atomic E-state index is -0.668. The first-order valence-corrected chi connectivity index (χ1v) is 8.65. The van der Waals surface area contributed by atoms with E-state index in [-0.39, 0.29) is 18.0 Å². The van der Waals surface area contributed by atoms with Crippen molar-refractivity contribution in [3.63, 3.8) is 0 Å². The average Bonchev–Trinajstić information content (AvgIpc) is 2.85. The van der Waals surface area contributed by atoms with E-state index in [2.05, 4.69) is 10.3 Å². The highest BCUT2D eigenvalue weighted by atomic mass is 32.2. The van der Waals surface area contributed by atoms with Gasteiger partial charge in [-0.15, -0.1) is 0 Å². The number of para-hydroxylation sites is 1. The molecule has 0 aliphatic carbocycles. The van der Waals surface area contributed by atoms with E-state index in [1.54, 1.807) is 19.2 Å². The molecule has 0 radical (unpaired) electrons. The molecule has 1 fully saturated rings. The summed E-state index contributed by atoms with van der Waals surface area (Å²) < 4.78 is 26.9. The fourth-order valence-electron chi connectivity index (χ4n) is 2.39. The number of rotatable bonds is 4. The molecule has 2 amide bonds. The Kier molecular flexibility index (Phi) is 5.32. The summed E-state index contributed by atoms with van der Waals surface area (Å²) in [5, 5.41) is 2.17. The van der Waals surface area contributed by atoms with Crippen LogP contribution in [-0.4, -0.2) is 34.2 Å². The molecule has 0 bridgehead atoms. The number of amidine groups is 1. The van der Waals surface area contributed by atoms with Crippen LogP contribution in [0.15, 0.2) is 53.5 Å². The summed E-state index contributed by atoms with van der Waals surface area (Å²) in [4.78, 5) is 30.0. The van der Waals surface area contributed by atoms with Gasteiger partial charge in [-0.25, -0.2) is 13.8 Å². The SMILES string of the molecule is CN1C(=O)C(CC(=O)Nc2ccccc2F)SC1=Nc1cccc(F)c1. The first-order chi connectivity index (χ1) is 12.4. The second-order valence-electron chi connectivity index (χ2n) is 5.61. The summed E-state index contributed by atoms with van der Waals surface area (Å²) in [5.74, 6) is -1.73. The second kappa shape index (κ2) is 7.65. The Hall–Kier alpha value is -2.74. The average molecular weight is 375 g/mol. The van der Waals surface area contributed by atoms with Gasteiger partial charge in [-0.3, -0.25) is 14.5 Å². The standard InChI is InChI=1S/C18H15F2N3O2S/c1-23-17(25)15(10-16(24)22-14-8-3-2-7-13(14)20)26-18(23)21-12-6-4-5-11(19)9-12/h2-9,15H,10H2,1H3,(H,22,24). The number of amides is 2. The summed E-state index contributed by atoms with van der Waals surface area (Å²) in [6.45, 7) is 0. The molecule has 1 aliphatic rings. The van der Waals surface area contributed by atoms with Gasteiger partial charge < -0.3 is 5.32 Å². The number of thioether (sulfide) groups is 1. The topological polar surface area (TPSA) is 61.8 Å². The van der Waals surface area contributed by atoms with Crippen LogP contribution < -0.4 is 5.32 Å². The quantitative estimate of drug-likeness (QED) is 0.889. The molecule has 8 heteroatoms. The van der Waals surface area contributed by atoms with Crippen molar-refractivity contribution in [1.29, 1.82) is 0 Å². The molecular weight excluding hydrogens is 360 g/mol. The van der Waals surface area contributed by atoms with Crippen molar-refractivity contribution in [3.05, 3.63) is 60.2 Å². The Labute approximate surface area is 153 Å². The van der Waals surface area contributed by atoms with Crippen LogP contribution in [-0.2, 0) is 9.59 Å². The summed E-state index contributed by atoms with van der Waals surface area (Å²) in [7, 11) is 1.54. The van der Waals surface area contributed by atoms with E-state index in [0.717, 1.165) is 11.8 Å². The molecule has 2 aromatic rings. The van der Waals surface area contributed by atoms with E-state index < -0.39 is 22.8 Å². The molecule has 1 N–H and O–H groups in total. The Morgan fingerprint density at radius 3 is 2.73 bits per heavy atom. The van der Waals surface area contributed by atoms with E-state index in [0.29, 0.717) is 10.9 Å². The zero-order valence-electron chi connectivity index (χ0n) is 13.8. The van der Waals surface area contributed by atoms with Crippen molar-refractivity contribution < 1.29 is 18.4 Å². The summed E-state index contributed by atoms with van der Waals surface area (Å²) in [5.41, 5.74) is 0.443. The third-order valence-corrected chi connectivity index (χ3v) is 4.92. The second-order valence-corrected chi connectivity index (χ2v) is 6.78. The third kappa shape index (κ3) is 4.08. The molecular formula is C18H15F2N3O2S. The van der Waals surface area contributed by atoms with Gasteiger partial charge >= 0.3 is 0 Å². The lowest BCUT2D eigenvalue weighted by molar-refractivity contribution is -0.127. The highest BCUT2D eigenvalue weighted by molar-refractivity contribution is 8.15. The van der Waals surface area contributed by atoms with Crippen molar-refractivity contribution in [1.82, 2.24) is 4.90 Å². The van der Waals surface area contributed by atoms with Gasteiger partial charge in [0, 0.05) is 13.5 Å². The highest BCUT2D eigenvalue weighted by Crippen LogP contribution is 2.31. The van der Waals surface area contributed by atoms with Crippen LogP contribution in [0, 0.1) is 11.6 Å². The third-order valence-electron chi connectivity index (χ3n) is 3.69. The predicted octanol–water partition coefficient (Wildman–Crippen LogP) is 3.55. The molecule has 134 valence electrons. The zero-order valence-corrected chi connectivity index (χ0v) is 14.6. The van der Waals surface area contributed by atoms with Crippen LogP contribution in [0.25, 0.3) is 0 Å². The molecule has 2 aromatic carbocycles. The molecule has 0 saturated carbocycles. The molecule has 1 atom stereocenters. The van der Waals surface area contributed by atoms with E-state index in [9.17, 15) is 18.4 Å². The van der Waals surface area contributed by atoms with Crippen molar-refractivity contribution >= 4 is 40.1 Å². The minimum absolute atomic E-state index is 0.0648. The van der Waals surface area contributed by atoms with Gasteiger partial charge in [0.15, 0.2) is 5.17 Å². The maximum atomic E-state index is 13.6. The summed E-state index contributed by atoms with van der Waals surface area (Å²) >= 11 is 1.12. The fourth-order valence-corrected chi connectivity index (χ4v) is 3.54. The number of carbonyl (C=O) groups is 2. The van der Waals surface area contributed by atoms with E-state index in [1.807, 2.05) is 0 Å². The molecule has 5 nitrogen and oxygen atoms in total. The summed E-state index contributed by atoms with van der Waals surface area (Å²) in [6, 6.07) is 11.5. The van der Waals surface area contributed by atoms with Gasteiger partial charge in [-0.1, -0.05) is 30.0 Å². The first kappa shape index (κ1) is 18.1. The molecule has 1 aliphatic heterocycles. The number of carbonyl (C=O) groups excluding carboxylic acids is 2. The highest BCUT2D eigenvalue weighted by Gasteiger charge is 2.37. The zero-order chi connectivity index (χ0) is 18.7. The number of anilines is 1. The van der Waals surface area contributed by atoms with Gasteiger partial charge in [-0.2, -0.15) is 0 Å². The number of aliphatic imine (C=N–C) groups is 1. The number of hydrogen-bond donors (Lipinski definition) is 1. The van der Waals surface area contributed by atoms with Crippen LogP contribution in [0.2, 0.25) is 0 Å². The molecule has 26 heavy (non-hydrogen) atoms. The number of hydrogen-bond acceptors (Lipinski definition) is 4. The van der Waals surface area contributed by atoms with Crippen molar-refractivity contribution in [2.45, 2.75) is 11.7 Å². The maximum absolute atomic E-state index is 13.6. The van der Waals surface area contributed by atoms with Gasteiger partial charge in [-0.05, 0) is 30.3 Å². The van der Waals surface area contributed by atoms with Gasteiger partial charge in [0.2, 0.25) is 11.8 Å². The molecule has 1 unspecified atom stereocenters. The van der Waals surface area contributed by atoms with Crippen molar-refractivity contribution in [3.8, 4) is 0 Å². The van der Waals surface area contributed by atoms with Gasteiger partial charge in [0.1, 0.15) is 16.9 Å². The Morgan fingerprint density at radius 1 is 1.23 bits per heavy atom. The minimum Gasteiger partial charge on any atom is -0.324 e. The Morgan fingerprint density at radius 2 is 2.00 bits per heavy atom. The van der Waals surface area contributed by atoms with Crippen molar-refractivity contribution in [2.24, 2.45) is 4.99 Å². The largest absolute Gasteiger partial charge is 0.324 e. The molecule has 3 rings (SSSR count). The van der Waals surface area contributed by atoms with Gasteiger partial charge in [0.25, 0.3) is 0 Å². The predicted molar refractivity (Wildman–Crippen MR) is 97.3 cm³/mol. The first-order valence-electron chi connectivity index (χ1n) is 7.77. The molecule has 0 spiro atoms. The van der Waals surface area contributed by atoms with E-state index >= 15 is 0 Å². The number of halogens is 2. The van der Waals surface area contributed by atoms with Crippen LogP contribution >= 0.6 is 11.8 Å². The van der Waals surface area contributed by atoms with Crippen LogP contribution in [0.4, 0.5) is 20.2 Å². The molecule has 1 saturated heterocycles.